The minimum Gasteiger partial charge on any atom is -0.314 e. The Morgan fingerprint density at radius 3 is 2.71 bits per heavy atom. The van der Waals surface area contributed by atoms with Gasteiger partial charge in [-0.3, -0.25) is 4.90 Å². The maximum atomic E-state index is 13.2. The van der Waals surface area contributed by atoms with E-state index in [0.717, 1.165) is 26.2 Å². The number of alkyl halides is 1. The van der Waals surface area contributed by atoms with Crippen LogP contribution in [0.1, 0.15) is 11.6 Å². The number of nitrogens with zero attached hydrogens (tertiary/aromatic N) is 1. The Balaban J connectivity index is 2.24. The molecule has 1 heterocycles. The number of halogens is 3. The molecule has 17 heavy (non-hydrogen) atoms. The molecule has 0 spiro atoms. The van der Waals surface area contributed by atoms with E-state index in [1.807, 2.05) is 4.90 Å². The third kappa shape index (κ3) is 2.94. The summed E-state index contributed by atoms with van der Waals surface area (Å²) in [6.07, 6.45) is 0. The highest BCUT2D eigenvalue weighted by molar-refractivity contribution is 6.31. The molecule has 0 aromatic heterocycles. The van der Waals surface area contributed by atoms with Crippen LogP contribution >= 0.6 is 11.6 Å². The number of nitrogens with one attached hydrogen (secondary N) is 1. The van der Waals surface area contributed by atoms with Crippen molar-refractivity contribution < 1.29 is 8.78 Å². The van der Waals surface area contributed by atoms with Crippen LogP contribution in [0.3, 0.4) is 0 Å². The standard InChI is InChI=1S/C12H15ClF2N2/c13-11-2-1-9(15)7-10(11)12(8-14)17-5-3-16-4-6-17/h1-2,7,12,16H,3-6,8H2/t12-/m1/s1. The molecular formula is C12H15ClF2N2. The van der Waals surface area contributed by atoms with E-state index >= 15 is 0 Å². The largest absolute Gasteiger partial charge is 0.314 e. The molecule has 1 aliphatic rings. The molecule has 1 aliphatic heterocycles. The average molecular weight is 261 g/mol. The number of benzene rings is 1. The molecule has 0 amide bonds. The summed E-state index contributed by atoms with van der Waals surface area (Å²) < 4.78 is 26.4. The maximum Gasteiger partial charge on any atom is 0.123 e. The molecule has 1 fully saturated rings. The van der Waals surface area contributed by atoms with Crippen molar-refractivity contribution in [1.29, 1.82) is 0 Å². The molecule has 1 saturated heterocycles. The second-order valence-corrected chi connectivity index (χ2v) is 4.53. The molecule has 1 aromatic carbocycles. The highest BCUT2D eigenvalue weighted by Crippen LogP contribution is 2.29. The van der Waals surface area contributed by atoms with Crippen LogP contribution in [0.4, 0.5) is 8.78 Å². The van der Waals surface area contributed by atoms with Gasteiger partial charge in [-0.25, -0.2) is 8.78 Å². The van der Waals surface area contributed by atoms with Crippen molar-refractivity contribution in [1.82, 2.24) is 10.2 Å². The summed E-state index contributed by atoms with van der Waals surface area (Å²) in [5, 5.41) is 3.62. The maximum absolute atomic E-state index is 13.2. The molecule has 2 nitrogen and oxygen atoms in total. The molecule has 0 saturated carbocycles. The molecule has 0 radical (unpaired) electrons. The lowest BCUT2D eigenvalue weighted by Crippen LogP contribution is -2.45. The molecule has 0 bridgehead atoms. The van der Waals surface area contributed by atoms with Gasteiger partial charge in [-0.1, -0.05) is 11.6 Å². The summed E-state index contributed by atoms with van der Waals surface area (Å²) in [5.41, 5.74) is 0.538. The highest BCUT2D eigenvalue weighted by atomic mass is 35.5. The molecular weight excluding hydrogens is 246 g/mol. The molecule has 0 unspecified atom stereocenters. The summed E-state index contributed by atoms with van der Waals surface area (Å²) in [6.45, 7) is 2.60. The minimum absolute atomic E-state index is 0.377. The van der Waals surface area contributed by atoms with Crippen molar-refractivity contribution in [3.05, 3.63) is 34.6 Å². The molecule has 1 aromatic rings. The SMILES string of the molecule is FC[C@H](c1cc(F)ccc1Cl)N1CCNCC1. The van der Waals surface area contributed by atoms with E-state index in [4.69, 9.17) is 11.6 Å². The van der Waals surface area contributed by atoms with Gasteiger partial charge in [0.2, 0.25) is 0 Å². The Morgan fingerprint density at radius 1 is 1.35 bits per heavy atom. The third-order valence-corrected chi connectivity index (χ3v) is 3.40. The number of hydrogen-bond acceptors (Lipinski definition) is 2. The second kappa shape index (κ2) is 5.76. The number of rotatable bonds is 3. The van der Waals surface area contributed by atoms with Gasteiger partial charge in [-0.15, -0.1) is 0 Å². The zero-order chi connectivity index (χ0) is 12.3. The first kappa shape index (κ1) is 12.7. The van der Waals surface area contributed by atoms with Crippen LogP contribution in [0.5, 0.6) is 0 Å². The lowest BCUT2D eigenvalue weighted by Gasteiger charge is -2.34. The third-order valence-electron chi connectivity index (χ3n) is 3.06. The molecule has 1 N–H and O–H groups in total. The van der Waals surface area contributed by atoms with E-state index in [0.29, 0.717) is 10.6 Å². The summed E-state index contributed by atoms with van der Waals surface area (Å²) in [7, 11) is 0. The van der Waals surface area contributed by atoms with Crippen molar-refractivity contribution in [2.75, 3.05) is 32.9 Å². The molecule has 5 heteroatoms. The lowest BCUT2D eigenvalue weighted by molar-refractivity contribution is 0.147. The topological polar surface area (TPSA) is 15.3 Å². The van der Waals surface area contributed by atoms with Crippen LogP contribution in [-0.2, 0) is 0 Å². The van der Waals surface area contributed by atoms with Crippen LogP contribution in [0.15, 0.2) is 18.2 Å². The molecule has 94 valence electrons. The van der Waals surface area contributed by atoms with Gasteiger partial charge in [0.25, 0.3) is 0 Å². The zero-order valence-corrected chi connectivity index (χ0v) is 10.2. The Labute approximate surface area is 105 Å². The van der Waals surface area contributed by atoms with Gasteiger partial charge in [-0.05, 0) is 23.8 Å². The fourth-order valence-electron chi connectivity index (χ4n) is 2.14. The Bertz CT molecular complexity index is 381. The van der Waals surface area contributed by atoms with E-state index in [1.54, 1.807) is 0 Å². The van der Waals surface area contributed by atoms with Gasteiger partial charge in [0, 0.05) is 31.2 Å². The number of hydrogen-bond donors (Lipinski definition) is 1. The van der Waals surface area contributed by atoms with E-state index in [-0.39, 0.29) is 5.82 Å². The van der Waals surface area contributed by atoms with E-state index in [1.165, 1.54) is 18.2 Å². The summed E-state index contributed by atoms with van der Waals surface area (Å²) in [4.78, 5) is 2.00. The molecule has 0 aliphatic carbocycles. The fraction of sp³-hybridized carbons (Fsp3) is 0.500. The van der Waals surface area contributed by atoms with E-state index in [2.05, 4.69) is 5.32 Å². The summed E-state index contributed by atoms with van der Waals surface area (Å²) in [6, 6.07) is 3.66. The lowest BCUT2D eigenvalue weighted by atomic mass is 10.1. The predicted octanol–water partition coefficient (Wildman–Crippen LogP) is 2.39. The van der Waals surface area contributed by atoms with Crippen molar-refractivity contribution in [3.63, 3.8) is 0 Å². The summed E-state index contributed by atoms with van der Waals surface area (Å²) in [5.74, 6) is -0.377. The first-order chi connectivity index (χ1) is 8.22. The van der Waals surface area contributed by atoms with Gasteiger partial charge in [0.15, 0.2) is 0 Å². The van der Waals surface area contributed by atoms with Gasteiger partial charge in [0.1, 0.15) is 12.5 Å². The van der Waals surface area contributed by atoms with Crippen LogP contribution in [-0.4, -0.2) is 37.8 Å². The number of piperazine rings is 1. The van der Waals surface area contributed by atoms with Gasteiger partial charge in [-0.2, -0.15) is 0 Å². The van der Waals surface area contributed by atoms with Gasteiger partial charge < -0.3 is 5.32 Å². The second-order valence-electron chi connectivity index (χ2n) is 4.12. The average Bonchev–Trinajstić information content (AvgIpc) is 2.36. The van der Waals surface area contributed by atoms with Crippen molar-refractivity contribution in [3.8, 4) is 0 Å². The van der Waals surface area contributed by atoms with Crippen LogP contribution < -0.4 is 5.32 Å². The minimum atomic E-state index is -0.552. The first-order valence-corrected chi connectivity index (χ1v) is 6.06. The predicted molar refractivity (Wildman–Crippen MR) is 64.6 cm³/mol. The molecule has 1 atom stereocenters. The zero-order valence-electron chi connectivity index (χ0n) is 9.43. The van der Waals surface area contributed by atoms with Gasteiger partial charge >= 0.3 is 0 Å². The van der Waals surface area contributed by atoms with Crippen LogP contribution in [0.2, 0.25) is 5.02 Å². The fourth-order valence-corrected chi connectivity index (χ4v) is 2.38. The van der Waals surface area contributed by atoms with E-state index < -0.39 is 12.7 Å². The summed E-state index contributed by atoms with van der Waals surface area (Å²) >= 11 is 6.01. The van der Waals surface area contributed by atoms with Gasteiger partial charge in [0.05, 0.1) is 6.04 Å². The van der Waals surface area contributed by atoms with Crippen LogP contribution in [0, 0.1) is 5.82 Å². The molecule has 2 rings (SSSR count). The highest BCUT2D eigenvalue weighted by Gasteiger charge is 2.24. The van der Waals surface area contributed by atoms with Crippen molar-refractivity contribution in [2.24, 2.45) is 0 Å². The Hall–Kier alpha value is -0.710. The normalized spacial score (nSPS) is 19.2. The first-order valence-electron chi connectivity index (χ1n) is 5.68. The quantitative estimate of drug-likeness (QED) is 0.898. The smallest absolute Gasteiger partial charge is 0.123 e. The van der Waals surface area contributed by atoms with Crippen molar-refractivity contribution >= 4 is 11.6 Å². The van der Waals surface area contributed by atoms with E-state index in [9.17, 15) is 8.78 Å². The Morgan fingerprint density at radius 2 is 2.06 bits per heavy atom. The van der Waals surface area contributed by atoms with Crippen LogP contribution in [0.25, 0.3) is 0 Å². The Kier molecular flexibility index (Phi) is 4.31. The van der Waals surface area contributed by atoms with Crippen molar-refractivity contribution in [2.45, 2.75) is 6.04 Å². The monoisotopic (exact) mass is 260 g/mol.